The van der Waals surface area contributed by atoms with Crippen LogP contribution in [0, 0.1) is 0 Å². The molecular weight excluding hydrogens is 280 g/mol. The summed E-state index contributed by atoms with van der Waals surface area (Å²) in [5.74, 6) is 1.22. The van der Waals surface area contributed by atoms with E-state index in [0.717, 1.165) is 16.5 Å². The summed E-state index contributed by atoms with van der Waals surface area (Å²) < 4.78 is 0. The predicted octanol–water partition coefficient (Wildman–Crippen LogP) is 6.46. The summed E-state index contributed by atoms with van der Waals surface area (Å²) in [5.41, 5.74) is 4.51. The van der Waals surface area contributed by atoms with Crippen LogP contribution in [0.25, 0.3) is 21.9 Å². The lowest BCUT2D eigenvalue weighted by atomic mass is 9.89. The molecule has 3 aromatic carbocycles. The predicted molar refractivity (Wildman–Crippen MR) is 99.2 cm³/mol. The van der Waals surface area contributed by atoms with Crippen molar-refractivity contribution in [1.29, 1.82) is 0 Å². The third kappa shape index (κ3) is 2.84. The number of hydrogen-bond donors (Lipinski definition) is 1. The van der Waals surface area contributed by atoms with Gasteiger partial charge in [0.1, 0.15) is 5.75 Å². The first-order chi connectivity index (χ1) is 11.0. The van der Waals surface area contributed by atoms with E-state index in [-0.39, 0.29) is 0 Å². The molecule has 0 unspecified atom stereocenters. The molecule has 0 heterocycles. The van der Waals surface area contributed by atoms with Crippen molar-refractivity contribution >= 4 is 10.8 Å². The van der Waals surface area contributed by atoms with Crippen molar-refractivity contribution in [3.05, 3.63) is 65.7 Å². The van der Waals surface area contributed by atoms with Crippen LogP contribution in [-0.4, -0.2) is 5.11 Å². The van der Waals surface area contributed by atoms with Gasteiger partial charge in [0.15, 0.2) is 0 Å². The lowest BCUT2D eigenvalue weighted by molar-refractivity contribution is 0.477. The zero-order chi connectivity index (χ0) is 16.6. The lowest BCUT2D eigenvalue weighted by Gasteiger charge is -2.17. The lowest BCUT2D eigenvalue weighted by Crippen LogP contribution is -1.93. The van der Waals surface area contributed by atoms with E-state index in [0.29, 0.717) is 17.6 Å². The van der Waals surface area contributed by atoms with Crippen molar-refractivity contribution in [2.45, 2.75) is 39.5 Å². The van der Waals surface area contributed by atoms with Gasteiger partial charge in [0.2, 0.25) is 0 Å². The molecule has 118 valence electrons. The largest absolute Gasteiger partial charge is 0.507 e. The van der Waals surface area contributed by atoms with Gasteiger partial charge < -0.3 is 5.11 Å². The minimum atomic E-state index is 0.369. The number of phenolic OH excluding ortho intramolecular Hbond substituents is 1. The smallest absolute Gasteiger partial charge is 0.124 e. The van der Waals surface area contributed by atoms with Crippen molar-refractivity contribution in [2.24, 2.45) is 0 Å². The highest BCUT2D eigenvalue weighted by atomic mass is 16.3. The Bertz CT molecular complexity index is 844. The van der Waals surface area contributed by atoms with E-state index in [1.165, 1.54) is 16.5 Å². The molecule has 0 atom stereocenters. The highest BCUT2D eigenvalue weighted by Gasteiger charge is 2.15. The maximum Gasteiger partial charge on any atom is 0.124 e. The van der Waals surface area contributed by atoms with Crippen molar-refractivity contribution in [1.82, 2.24) is 0 Å². The number of rotatable bonds is 3. The van der Waals surface area contributed by atoms with E-state index >= 15 is 0 Å². The van der Waals surface area contributed by atoms with Crippen LogP contribution >= 0.6 is 0 Å². The van der Waals surface area contributed by atoms with Gasteiger partial charge in [0, 0.05) is 5.56 Å². The van der Waals surface area contributed by atoms with Crippen molar-refractivity contribution < 1.29 is 5.11 Å². The Morgan fingerprint density at radius 3 is 2.09 bits per heavy atom. The van der Waals surface area contributed by atoms with Gasteiger partial charge >= 0.3 is 0 Å². The Labute approximate surface area is 138 Å². The van der Waals surface area contributed by atoms with Gasteiger partial charge in [-0.1, -0.05) is 76.2 Å². The summed E-state index contributed by atoms with van der Waals surface area (Å²) in [6, 6.07) is 18.8. The Morgan fingerprint density at radius 2 is 1.43 bits per heavy atom. The molecule has 1 nitrogen and oxygen atoms in total. The molecule has 0 aliphatic heterocycles. The molecular formula is C22H24O. The fraction of sp³-hybridized carbons (Fsp3) is 0.273. The molecule has 3 aromatic rings. The molecule has 0 radical (unpaired) electrons. The van der Waals surface area contributed by atoms with Crippen LogP contribution in [0.3, 0.4) is 0 Å². The van der Waals surface area contributed by atoms with Crippen LogP contribution in [0.4, 0.5) is 0 Å². The molecule has 1 heteroatoms. The van der Waals surface area contributed by atoms with Crippen LogP contribution in [-0.2, 0) is 0 Å². The number of phenols is 1. The van der Waals surface area contributed by atoms with E-state index < -0.39 is 0 Å². The fourth-order valence-electron chi connectivity index (χ4n) is 3.22. The van der Waals surface area contributed by atoms with Gasteiger partial charge in [-0.15, -0.1) is 0 Å². The summed E-state index contributed by atoms with van der Waals surface area (Å²) in [6.07, 6.45) is 0. The van der Waals surface area contributed by atoms with Gasteiger partial charge in [0.05, 0.1) is 0 Å². The molecule has 0 aliphatic rings. The zero-order valence-electron chi connectivity index (χ0n) is 14.3. The third-order valence-electron chi connectivity index (χ3n) is 4.52. The maximum absolute atomic E-state index is 10.7. The van der Waals surface area contributed by atoms with Crippen LogP contribution in [0.5, 0.6) is 5.75 Å². The van der Waals surface area contributed by atoms with Gasteiger partial charge in [-0.05, 0) is 45.4 Å². The van der Waals surface area contributed by atoms with E-state index in [2.05, 4.69) is 70.2 Å². The Hall–Kier alpha value is -2.28. The molecule has 0 aliphatic carbocycles. The minimum absolute atomic E-state index is 0.369. The normalized spacial score (nSPS) is 11.6. The van der Waals surface area contributed by atoms with Crippen LogP contribution < -0.4 is 0 Å². The van der Waals surface area contributed by atoms with Gasteiger partial charge in [-0.2, -0.15) is 0 Å². The zero-order valence-corrected chi connectivity index (χ0v) is 14.3. The first-order valence-electron chi connectivity index (χ1n) is 8.34. The summed E-state index contributed by atoms with van der Waals surface area (Å²) in [7, 11) is 0. The number of fused-ring (bicyclic) bond motifs is 1. The summed E-state index contributed by atoms with van der Waals surface area (Å²) >= 11 is 0. The monoisotopic (exact) mass is 304 g/mol. The molecule has 0 bridgehead atoms. The fourth-order valence-corrected chi connectivity index (χ4v) is 3.22. The summed E-state index contributed by atoms with van der Waals surface area (Å²) in [6.45, 7) is 8.72. The van der Waals surface area contributed by atoms with Gasteiger partial charge in [-0.3, -0.25) is 0 Å². The minimum Gasteiger partial charge on any atom is -0.507 e. The molecule has 0 saturated heterocycles. The Balaban J connectivity index is 2.32. The van der Waals surface area contributed by atoms with Crippen molar-refractivity contribution in [2.75, 3.05) is 0 Å². The standard InChI is InChI=1S/C22H24O/c1-14(2)16-8-7-9-17(12-16)22-19-11-6-5-10-18(19)20(15(3)4)13-21(22)23/h5-15,23H,1-4H3. The van der Waals surface area contributed by atoms with Gasteiger partial charge in [0.25, 0.3) is 0 Å². The molecule has 0 saturated carbocycles. The topological polar surface area (TPSA) is 20.2 Å². The molecule has 1 N–H and O–H groups in total. The van der Waals surface area contributed by atoms with E-state index in [1.807, 2.05) is 12.1 Å². The second-order valence-electron chi connectivity index (χ2n) is 6.84. The first-order valence-corrected chi connectivity index (χ1v) is 8.34. The van der Waals surface area contributed by atoms with E-state index in [4.69, 9.17) is 0 Å². The van der Waals surface area contributed by atoms with E-state index in [1.54, 1.807) is 0 Å². The van der Waals surface area contributed by atoms with Gasteiger partial charge in [-0.25, -0.2) is 0 Å². The average molecular weight is 304 g/mol. The molecule has 0 fully saturated rings. The third-order valence-corrected chi connectivity index (χ3v) is 4.52. The Kier molecular flexibility index (Phi) is 4.12. The molecule has 23 heavy (non-hydrogen) atoms. The molecule has 3 rings (SSSR count). The van der Waals surface area contributed by atoms with E-state index in [9.17, 15) is 5.11 Å². The Morgan fingerprint density at radius 1 is 0.739 bits per heavy atom. The molecule has 0 spiro atoms. The second-order valence-corrected chi connectivity index (χ2v) is 6.84. The van der Waals surface area contributed by atoms with Crippen molar-refractivity contribution in [3.63, 3.8) is 0 Å². The quantitative estimate of drug-likeness (QED) is 0.588. The van der Waals surface area contributed by atoms with Crippen LogP contribution in [0.1, 0.15) is 50.7 Å². The maximum atomic E-state index is 10.7. The first kappa shape index (κ1) is 15.6. The summed E-state index contributed by atoms with van der Waals surface area (Å²) in [5, 5.41) is 13.1. The number of aromatic hydroxyl groups is 1. The highest BCUT2D eigenvalue weighted by Crippen LogP contribution is 2.41. The van der Waals surface area contributed by atoms with Crippen molar-refractivity contribution in [3.8, 4) is 16.9 Å². The number of hydrogen-bond acceptors (Lipinski definition) is 1. The average Bonchev–Trinajstić information content (AvgIpc) is 2.54. The van der Waals surface area contributed by atoms with Crippen LogP contribution in [0.2, 0.25) is 0 Å². The molecule has 0 amide bonds. The summed E-state index contributed by atoms with van der Waals surface area (Å²) in [4.78, 5) is 0. The second kappa shape index (κ2) is 6.08. The molecule has 0 aromatic heterocycles. The number of benzene rings is 3. The SMILES string of the molecule is CC(C)c1cccc(-c2c(O)cc(C(C)C)c3ccccc23)c1. The van der Waals surface area contributed by atoms with Crippen LogP contribution in [0.15, 0.2) is 54.6 Å². The highest BCUT2D eigenvalue weighted by molar-refractivity contribution is 6.01.